The van der Waals surface area contributed by atoms with E-state index in [1.165, 1.54) is 0 Å². The molecule has 0 unspecified atom stereocenters. The van der Waals surface area contributed by atoms with Crippen molar-refractivity contribution < 1.29 is 4.79 Å². The summed E-state index contributed by atoms with van der Waals surface area (Å²) in [6, 6.07) is 7.44. The van der Waals surface area contributed by atoms with E-state index in [-0.39, 0.29) is 5.91 Å². The maximum atomic E-state index is 12.8. The summed E-state index contributed by atoms with van der Waals surface area (Å²) in [4.78, 5) is 23.7. The normalized spacial score (nSPS) is 13.3. The molecule has 26 heavy (non-hydrogen) atoms. The van der Waals surface area contributed by atoms with Gasteiger partial charge < -0.3 is 4.90 Å². The van der Waals surface area contributed by atoms with E-state index in [9.17, 15) is 4.79 Å². The highest BCUT2D eigenvalue weighted by molar-refractivity contribution is 5.94. The molecule has 1 aromatic carbocycles. The monoisotopic (exact) mass is 348 g/mol. The van der Waals surface area contributed by atoms with E-state index < -0.39 is 0 Å². The Bertz CT molecular complexity index is 918. The molecule has 3 heterocycles. The number of nitrogens with zero attached hydrogens (tertiary/aromatic N) is 6. The van der Waals surface area contributed by atoms with Crippen LogP contribution < -0.4 is 0 Å². The Morgan fingerprint density at radius 1 is 1.12 bits per heavy atom. The summed E-state index contributed by atoms with van der Waals surface area (Å²) in [6.45, 7) is 5.39. The third-order valence-corrected chi connectivity index (χ3v) is 4.42. The van der Waals surface area contributed by atoms with E-state index in [1.54, 1.807) is 17.2 Å². The minimum Gasteiger partial charge on any atom is -0.328 e. The van der Waals surface area contributed by atoms with E-state index in [0.717, 1.165) is 29.2 Å². The average Bonchev–Trinajstić information content (AvgIpc) is 3.30. The summed E-state index contributed by atoms with van der Waals surface area (Å²) < 4.78 is 1.80. The van der Waals surface area contributed by atoms with Gasteiger partial charge in [-0.15, -0.1) is 10.2 Å². The van der Waals surface area contributed by atoms with E-state index >= 15 is 0 Å². The van der Waals surface area contributed by atoms with E-state index in [2.05, 4.69) is 34.0 Å². The molecule has 0 saturated carbocycles. The molecule has 7 heteroatoms. The topological polar surface area (TPSA) is 76.8 Å². The van der Waals surface area contributed by atoms with Crippen LogP contribution in [0.2, 0.25) is 0 Å². The van der Waals surface area contributed by atoms with Gasteiger partial charge in [-0.2, -0.15) is 0 Å². The third kappa shape index (κ3) is 3.20. The Hall–Kier alpha value is -3.09. The fourth-order valence-corrected chi connectivity index (χ4v) is 3.09. The SMILES string of the molecule is CC(C)Cc1ncc2c(n1)CN(C(=O)c1ccc(-n3cnnc3)cc1)C2. The van der Waals surface area contributed by atoms with Crippen molar-refractivity contribution in [3.05, 3.63) is 65.8 Å². The second-order valence-electron chi connectivity index (χ2n) is 6.93. The second kappa shape index (κ2) is 6.67. The summed E-state index contributed by atoms with van der Waals surface area (Å²) >= 11 is 0. The maximum Gasteiger partial charge on any atom is 0.254 e. The van der Waals surface area contributed by atoms with Gasteiger partial charge in [0.1, 0.15) is 18.5 Å². The Kier molecular flexibility index (Phi) is 4.20. The van der Waals surface area contributed by atoms with Gasteiger partial charge in [-0.3, -0.25) is 9.36 Å². The van der Waals surface area contributed by atoms with Crippen LogP contribution in [-0.2, 0) is 19.5 Å². The van der Waals surface area contributed by atoms with Crippen molar-refractivity contribution in [3.63, 3.8) is 0 Å². The molecule has 4 rings (SSSR count). The lowest BCUT2D eigenvalue weighted by molar-refractivity contribution is 0.0750. The van der Waals surface area contributed by atoms with Crippen molar-refractivity contribution >= 4 is 5.91 Å². The number of hydrogen-bond acceptors (Lipinski definition) is 5. The van der Waals surface area contributed by atoms with Gasteiger partial charge in [0, 0.05) is 36.0 Å². The van der Waals surface area contributed by atoms with Crippen LogP contribution in [0.25, 0.3) is 5.69 Å². The quantitative estimate of drug-likeness (QED) is 0.724. The highest BCUT2D eigenvalue weighted by Crippen LogP contribution is 2.23. The second-order valence-corrected chi connectivity index (χ2v) is 6.93. The van der Waals surface area contributed by atoms with Gasteiger partial charge in [0.2, 0.25) is 0 Å². The molecule has 3 aromatic rings. The van der Waals surface area contributed by atoms with Gasteiger partial charge in [0.25, 0.3) is 5.91 Å². The van der Waals surface area contributed by atoms with Crippen molar-refractivity contribution in [2.45, 2.75) is 33.4 Å². The van der Waals surface area contributed by atoms with Crippen LogP contribution in [0.4, 0.5) is 0 Å². The lowest BCUT2D eigenvalue weighted by Gasteiger charge is -2.15. The summed E-state index contributed by atoms with van der Waals surface area (Å²) in [5, 5.41) is 7.58. The number of benzene rings is 1. The summed E-state index contributed by atoms with van der Waals surface area (Å²) in [6.07, 6.45) is 5.97. The minimum absolute atomic E-state index is 0.00344. The molecule has 0 spiro atoms. The summed E-state index contributed by atoms with van der Waals surface area (Å²) in [5.41, 5.74) is 3.57. The van der Waals surface area contributed by atoms with Crippen LogP contribution in [0.15, 0.2) is 43.1 Å². The molecule has 1 aliphatic rings. The van der Waals surface area contributed by atoms with Crippen LogP contribution in [-0.4, -0.2) is 35.5 Å². The number of carbonyl (C=O) groups is 1. The number of fused-ring (bicyclic) bond motifs is 1. The number of amides is 1. The molecule has 0 saturated heterocycles. The van der Waals surface area contributed by atoms with Crippen LogP contribution in [0, 0.1) is 5.92 Å². The van der Waals surface area contributed by atoms with Crippen molar-refractivity contribution in [2.75, 3.05) is 0 Å². The molecule has 0 radical (unpaired) electrons. The molecular weight excluding hydrogens is 328 g/mol. The molecule has 0 N–H and O–H groups in total. The summed E-state index contributed by atoms with van der Waals surface area (Å²) in [5.74, 6) is 1.37. The lowest BCUT2D eigenvalue weighted by atomic mass is 10.1. The molecule has 2 aromatic heterocycles. The predicted octanol–water partition coefficient (Wildman–Crippen LogP) is 2.41. The molecule has 0 atom stereocenters. The standard InChI is InChI=1S/C19H20N6O/c1-13(2)7-18-20-8-15-9-24(10-17(15)23-18)19(26)14-3-5-16(6-4-14)25-11-21-22-12-25/h3-6,8,11-13H,7,9-10H2,1-2H3. The predicted molar refractivity (Wildman–Crippen MR) is 95.5 cm³/mol. The Labute approximate surface area is 151 Å². The van der Waals surface area contributed by atoms with E-state index in [1.807, 2.05) is 35.4 Å². The van der Waals surface area contributed by atoms with Crippen LogP contribution in [0.1, 0.15) is 41.3 Å². The highest BCUT2D eigenvalue weighted by Gasteiger charge is 2.26. The van der Waals surface area contributed by atoms with Gasteiger partial charge in [-0.1, -0.05) is 13.8 Å². The molecule has 132 valence electrons. The fourth-order valence-electron chi connectivity index (χ4n) is 3.09. The average molecular weight is 348 g/mol. The number of aromatic nitrogens is 5. The van der Waals surface area contributed by atoms with Crippen molar-refractivity contribution in [2.24, 2.45) is 5.92 Å². The summed E-state index contributed by atoms with van der Waals surface area (Å²) in [7, 11) is 0. The van der Waals surface area contributed by atoms with Crippen LogP contribution >= 0.6 is 0 Å². The van der Waals surface area contributed by atoms with Gasteiger partial charge in [0.05, 0.1) is 12.2 Å². The first-order valence-electron chi connectivity index (χ1n) is 8.68. The van der Waals surface area contributed by atoms with Crippen molar-refractivity contribution in [3.8, 4) is 5.69 Å². The molecule has 1 aliphatic heterocycles. The van der Waals surface area contributed by atoms with Gasteiger partial charge in [-0.05, 0) is 30.2 Å². The zero-order valence-corrected chi connectivity index (χ0v) is 14.8. The van der Waals surface area contributed by atoms with Gasteiger partial charge >= 0.3 is 0 Å². The molecular formula is C19H20N6O. The largest absolute Gasteiger partial charge is 0.328 e. The first-order chi connectivity index (χ1) is 12.6. The highest BCUT2D eigenvalue weighted by atomic mass is 16.2. The van der Waals surface area contributed by atoms with Crippen LogP contribution in [0.5, 0.6) is 0 Å². The molecule has 1 amide bonds. The zero-order chi connectivity index (χ0) is 18.1. The smallest absolute Gasteiger partial charge is 0.254 e. The van der Waals surface area contributed by atoms with Crippen molar-refractivity contribution in [1.82, 2.24) is 29.6 Å². The van der Waals surface area contributed by atoms with Gasteiger partial charge in [0.15, 0.2) is 0 Å². The van der Waals surface area contributed by atoms with E-state index in [4.69, 9.17) is 0 Å². The Morgan fingerprint density at radius 2 is 1.85 bits per heavy atom. The number of hydrogen-bond donors (Lipinski definition) is 0. The van der Waals surface area contributed by atoms with Crippen LogP contribution in [0.3, 0.4) is 0 Å². The molecule has 0 fully saturated rings. The Balaban J connectivity index is 1.49. The molecule has 0 bridgehead atoms. The van der Waals surface area contributed by atoms with Crippen molar-refractivity contribution in [1.29, 1.82) is 0 Å². The minimum atomic E-state index is 0.00344. The first-order valence-corrected chi connectivity index (χ1v) is 8.68. The zero-order valence-electron chi connectivity index (χ0n) is 14.8. The molecule has 0 aliphatic carbocycles. The van der Waals surface area contributed by atoms with Gasteiger partial charge in [-0.25, -0.2) is 9.97 Å². The molecule has 7 nitrogen and oxygen atoms in total. The lowest BCUT2D eigenvalue weighted by Crippen LogP contribution is -2.25. The fraction of sp³-hybridized carbons (Fsp3) is 0.316. The number of carbonyl (C=O) groups excluding carboxylic acids is 1. The third-order valence-electron chi connectivity index (χ3n) is 4.42. The van der Waals surface area contributed by atoms with E-state index in [0.29, 0.717) is 24.6 Å². The first kappa shape index (κ1) is 16.4. The maximum absolute atomic E-state index is 12.8. The Morgan fingerprint density at radius 3 is 2.54 bits per heavy atom. The number of rotatable bonds is 4.